The number of ketones is 1. The number of para-hydroxylation sites is 1. The Morgan fingerprint density at radius 1 is 1.14 bits per heavy atom. The van der Waals surface area contributed by atoms with E-state index >= 15 is 0 Å². The van der Waals surface area contributed by atoms with E-state index in [0.717, 1.165) is 33.7 Å². The molecule has 0 aliphatic carbocycles. The van der Waals surface area contributed by atoms with Crippen LogP contribution in [0.5, 0.6) is 11.5 Å². The molecule has 5 nitrogen and oxygen atoms in total. The highest BCUT2D eigenvalue weighted by Crippen LogP contribution is 2.34. The average Bonchev–Trinajstić information content (AvgIpc) is 2.93. The molecule has 0 N–H and O–H groups in total. The summed E-state index contributed by atoms with van der Waals surface area (Å²) in [7, 11) is 0. The molecule has 1 aliphatic rings. The van der Waals surface area contributed by atoms with Gasteiger partial charge in [0.25, 0.3) is 0 Å². The number of aryl methyl sites for hydroxylation is 1. The number of rotatable bonds is 6. The minimum atomic E-state index is 0.0732. The number of ether oxygens (including phenoxy) is 2. The van der Waals surface area contributed by atoms with Crippen LogP contribution in [0, 0.1) is 11.3 Å². The molecule has 1 aromatic heterocycles. The van der Waals surface area contributed by atoms with E-state index in [1.165, 1.54) is 11.8 Å². The molecular weight excluding hydrogens is 372 g/mol. The van der Waals surface area contributed by atoms with Crippen LogP contribution in [-0.2, 0) is 6.54 Å². The third kappa shape index (κ3) is 3.85. The van der Waals surface area contributed by atoms with Gasteiger partial charge in [-0.2, -0.15) is 5.26 Å². The lowest BCUT2D eigenvalue weighted by Gasteiger charge is -2.08. The van der Waals surface area contributed by atoms with Gasteiger partial charge in [-0.25, -0.2) is 0 Å². The molecule has 0 bridgehead atoms. The fraction of sp³-hybridized carbons (Fsp3) is 0.273. The number of hydrogen-bond acceptors (Lipinski definition) is 5. The molecule has 4 rings (SSSR count). The van der Waals surface area contributed by atoms with Gasteiger partial charge >= 0.3 is 0 Å². The van der Waals surface area contributed by atoms with Gasteiger partial charge in [0.05, 0.1) is 31.5 Å². The zero-order valence-corrected chi connectivity index (χ0v) is 16.2. The fourth-order valence-electron chi connectivity index (χ4n) is 3.28. The number of carbonyl (C=O) groups excluding carboxylic acids is 1. The zero-order chi connectivity index (χ0) is 19.3. The Kier molecular flexibility index (Phi) is 5.54. The second-order valence-electron chi connectivity index (χ2n) is 6.53. The van der Waals surface area contributed by atoms with Crippen LogP contribution in [0.3, 0.4) is 0 Å². The SMILES string of the molecule is N#CCCn1cc(C(=O)CSc2ccc3c(c2)OCCCO3)c2ccccc21. The standard InChI is InChI=1S/C22H20N2O3S/c23-9-3-10-24-14-18(17-5-1-2-6-19(17)24)20(25)15-28-16-7-8-21-22(13-16)27-12-4-11-26-21/h1-2,5-8,13-14H,3-4,10-12,15H2. The lowest BCUT2D eigenvalue weighted by atomic mass is 10.1. The molecule has 1 aliphatic heterocycles. The summed E-state index contributed by atoms with van der Waals surface area (Å²) in [5, 5.41) is 9.81. The Bertz CT molecular complexity index is 1050. The van der Waals surface area contributed by atoms with Gasteiger partial charge in [-0.3, -0.25) is 4.79 Å². The number of fused-ring (bicyclic) bond motifs is 2. The highest BCUT2D eigenvalue weighted by atomic mass is 32.2. The molecule has 0 radical (unpaired) electrons. The van der Waals surface area contributed by atoms with E-state index in [9.17, 15) is 4.79 Å². The maximum absolute atomic E-state index is 12.9. The van der Waals surface area contributed by atoms with Crippen molar-refractivity contribution >= 4 is 28.4 Å². The third-order valence-electron chi connectivity index (χ3n) is 4.64. The molecule has 142 valence electrons. The van der Waals surface area contributed by atoms with E-state index < -0.39 is 0 Å². The predicted octanol–water partition coefficient (Wildman–Crippen LogP) is 4.69. The summed E-state index contributed by atoms with van der Waals surface area (Å²) >= 11 is 1.49. The van der Waals surface area contributed by atoms with E-state index in [0.29, 0.717) is 37.5 Å². The molecule has 0 fully saturated rings. The van der Waals surface area contributed by atoms with Gasteiger partial charge in [0, 0.05) is 40.5 Å². The quantitative estimate of drug-likeness (QED) is 0.450. The lowest BCUT2D eigenvalue weighted by molar-refractivity contribution is 0.102. The van der Waals surface area contributed by atoms with Crippen molar-refractivity contribution in [2.75, 3.05) is 19.0 Å². The molecule has 2 heterocycles. The van der Waals surface area contributed by atoms with Gasteiger partial charge in [-0.05, 0) is 24.3 Å². The first-order valence-electron chi connectivity index (χ1n) is 9.27. The number of Topliss-reactive ketones (excluding diaryl/α,β-unsaturated/α-hetero) is 1. The molecule has 0 saturated carbocycles. The Morgan fingerprint density at radius 3 is 2.82 bits per heavy atom. The van der Waals surface area contributed by atoms with E-state index in [2.05, 4.69) is 6.07 Å². The third-order valence-corrected chi connectivity index (χ3v) is 5.64. The van der Waals surface area contributed by atoms with Gasteiger partial charge in [0.15, 0.2) is 17.3 Å². The first kappa shape index (κ1) is 18.5. The Labute approximate surface area is 167 Å². The summed E-state index contributed by atoms with van der Waals surface area (Å²) in [5.74, 6) is 1.91. The summed E-state index contributed by atoms with van der Waals surface area (Å²) in [6.07, 6.45) is 3.16. The van der Waals surface area contributed by atoms with Crippen molar-refractivity contribution < 1.29 is 14.3 Å². The van der Waals surface area contributed by atoms with Gasteiger partial charge in [-0.15, -0.1) is 11.8 Å². The van der Waals surface area contributed by atoms with Crippen LogP contribution in [0.4, 0.5) is 0 Å². The topological polar surface area (TPSA) is 64.2 Å². The first-order valence-corrected chi connectivity index (χ1v) is 10.3. The van der Waals surface area contributed by atoms with Crippen molar-refractivity contribution in [2.45, 2.75) is 24.3 Å². The normalized spacial score (nSPS) is 13.1. The minimum absolute atomic E-state index is 0.0732. The summed E-state index contributed by atoms with van der Waals surface area (Å²) in [4.78, 5) is 13.9. The summed E-state index contributed by atoms with van der Waals surface area (Å²) < 4.78 is 13.4. The monoisotopic (exact) mass is 392 g/mol. The Morgan fingerprint density at radius 2 is 1.96 bits per heavy atom. The number of nitrogens with zero attached hydrogens (tertiary/aromatic N) is 2. The smallest absolute Gasteiger partial charge is 0.175 e. The molecule has 0 spiro atoms. The van der Waals surface area contributed by atoms with Crippen molar-refractivity contribution in [1.29, 1.82) is 5.26 Å². The van der Waals surface area contributed by atoms with Crippen LogP contribution >= 0.6 is 11.8 Å². The minimum Gasteiger partial charge on any atom is -0.490 e. The highest BCUT2D eigenvalue weighted by Gasteiger charge is 2.16. The van der Waals surface area contributed by atoms with Crippen molar-refractivity contribution in [1.82, 2.24) is 4.57 Å². The molecule has 0 atom stereocenters. The van der Waals surface area contributed by atoms with E-state index in [1.807, 2.05) is 53.2 Å². The second kappa shape index (κ2) is 8.41. The van der Waals surface area contributed by atoms with Crippen molar-refractivity contribution in [3.8, 4) is 17.6 Å². The van der Waals surface area contributed by atoms with Crippen molar-refractivity contribution in [3.63, 3.8) is 0 Å². The summed E-state index contributed by atoms with van der Waals surface area (Å²) in [6, 6.07) is 15.8. The summed E-state index contributed by atoms with van der Waals surface area (Å²) in [6.45, 7) is 1.88. The fourth-order valence-corrected chi connectivity index (χ4v) is 4.09. The molecule has 6 heteroatoms. The Balaban J connectivity index is 1.51. The van der Waals surface area contributed by atoms with Crippen molar-refractivity contribution in [3.05, 3.63) is 54.2 Å². The van der Waals surface area contributed by atoms with E-state index in [-0.39, 0.29) is 5.78 Å². The molecular formula is C22H20N2O3S. The lowest BCUT2D eigenvalue weighted by Crippen LogP contribution is -2.02. The van der Waals surface area contributed by atoms with Crippen LogP contribution in [0.15, 0.2) is 53.6 Å². The number of thioether (sulfide) groups is 1. The first-order chi connectivity index (χ1) is 13.8. The van der Waals surface area contributed by atoms with Crippen LogP contribution < -0.4 is 9.47 Å². The van der Waals surface area contributed by atoms with Gasteiger partial charge in [0.1, 0.15) is 0 Å². The van der Waals surface area contributed by atoms with Gasteiger partial charge in [-0.1, -0.05) is 18.2 Å². The van der Waals surface area contributed by atoms with Crippen LogP contribution in [0.2, 0.25) is 0 Å². The molecule has 28 heavy (non-hydrogen) atoms. The molecule has 2 aromatic carbocycles. The second-order valence-corrected chi connectivity index (χ2v) is 7.58. The summed E-state index contributed by atoms with van der Waals surface area (Å²) in [5.41, 5.74) is 1.69. The Hall–Kier alpha value is -2.91. The molecule has 0 saturated heterocycles. The maximum Gasteiger partial charge on any atom is 0.175 e. The van der Waals surface area contributed by atoms with Crippen molar-refractivity contribution in [2.24, 2.45) is 0 Å². The average molecular weight is 392 g/mol. The molecule has 0 amide bonds. The number of hydrogen-bond donors (Lipinski definition) is 0. The van der Waals surface area contributed by atoms with Crippen LogP contribution in [0.25, 0.3) is 10.9 Å². The number of aromatic nitrogens is 1. The van der Waals surface area contributed by atoms with Crippen LogP contribution in [0.1, 0.15) is 23.2 Å². The van der Waals surface area contributed by atoms with E-state index in [1.54, 1.807) is 0 Å². The molecule has 0 unspecified atom stereocenters. The maximum atomic E-state index is 12.9. The predicted molar refractivity (Wildman–Crippen MR) is 109 cm³/mol. The number of nitriles is 1. The number of carbonyl (C=O) groups is 1. The van der Waals surface area contributed by atoms with Gasteiger partial charge in [0.2, 0.25) is 0 Å². The molecule has 3 aromatic rings. The highest BCUT2D eigenvalue weighted by molar-refractivity contribution is 8.00. The zero-order valence-electron chi connectivity index (χ0n) is 15.4. The largest absolute Gasteiger partial charge is 0.490 e. The number of benzene rings is 2. The van der Waals surface area contributed by atoms with Gasteiger partial charge < -0.3 is 14.0 Å². The van der Waals surface area contributed by atoms with E-state index in [4.69, 9.17) is 14.7 Å². The van der Waals surface area contributed by atoms with Crippen LogP contribution in [-0.4, -0.2) is 29.3 Å².